The fourth-order valence-corrected chi connectivity index (χ4v) is 5.89. The van der Waals surface area contributed by atoms with E-state index in [4.69, 9.17) is 9.26 Å². The molecule has 0 radical (unpaired) electrons. The highest BCUT2D eigenvalue weighted by Crippen LogP contribution is 2.32. The highest BCUT2D eigenvalue weighted by Gasteiger charge is 2.38. The number of piperidine rings is 1. The average molecular weight is 637 g/mol. The Morgan fingerprint density at radius 3 is 2.33 bits per heavy atom. The van der Waals surface area contributed by atoms with Crippen LogP contribution in [0, 0.1) is 12.7 Å². The number of benzene rings is 1. The second-order valence-electron chi connectivity index (χ2n) is 14.3. The van der Waals surface area contributed by atoms with Gasteiger partial charge in [0, 0.05) is 63.0 Å². The van der Waals surface area contributed by atoms with Crippen molar-refractivity contribution >= 4 is 24.0 Å². The molecule has 2 aliphatic heterocycles. The van der Waals surface area contributed by atoms with E-state index in [1.807, 2.05) is 32.6 Å². The van der Waals surface area contributed by atoms with Gasteiger partial charge >= 0.3 is 12.1 Å². The molecule has 2 atom stereocenters. The molecule has 0 bridgehead atoms. The van der Waals surface area contributed by atoms with Crippen molar-refractivity contribution in [2.24, 2.45) is 0 Å². The fourth-order valence-electron chi connectivity index (χ4n) is 5.89. The van der Waals surface area contributed by atoms with Gasteiger partial charge in [-0.15, -0.1) is 0 Å². The van der Waals surface area contributed by atoms with Crippen molar-refractivity contribution in [2.75, 3.05) is 43.0 Å². The zero-order valence-electron chi connectivity index (χ0n) is 28.0. The van der Waals surface area contributed by atoms with Crippen LogP contribution in [0.4, 0.5) is 21.1 Å². The molecule has 5 rings (SSSR count). The number of nitrogens with zero attached hydrogens (tertiary/aromatic N) is 7. The maximum Gasteiger partial charge on any atom is 0.407 e. The minimum Gasteiger partial charge on any atom is -0.444 e. The number of anilines is 2. The summed E-state index contributed by atoms with van der Waals surface area (Å²) in [5.41, 5.74) is 0.940. The first-order chi connectivity index (χ1) is 21.6. The third kappa shape index (κ3) is 7.56. The molecule has 2 aromatic heterocycles. The van der Waals surface area contributed by atoms with Gasteiger partial charge < -0.3 is 29.3 Å². The summed E-state index contributed by atoms with van der Waals surface area (Å²) < 4.78 is 26.0. The Balaban J connectivity index is 1.23. The lowest BCUT2D eigenvalue weighted by Gasteiger charge is -2.35. The molecule has 12 nitrogen and oxygen atoms in total. The van der Waals surface area contributed by atoms with Crippen molar-refractivity contribution in [2.45, 2.75) is 90.3 Å². The average Bonchev–Trinajstić information content (AvgIpc) is 3.65. The Morgan fingerprint density at radius 2 is 1.72 bits per heavy atom. The number of halogens is 1. The molecule has 0 saturated carbocycles. The highest BCUT2D eigenvalue weighted by molar-refractivity contribution is 5.93. The maximum atomic E-state index is 15.0. The lowest BCUT2D eigenvalue weighted by molar-refractivity contribution is 0.0504. The first-order valence-electron chi connectivity index (χ1n) is 15.8. The Labute approximate surface area is 269 Å². The molecule has 0 spiro atoms. The molecule has 46 heavy (non-hydrogen) atoms. The standard InChI is InChI=1S/C33H45FN8O4/c1-20-9-10-25(34)23(15-20)24-18-42(19-26(24)37-31(44)45-33(5,6)7)29-35-16-21(17-36-29)27(43)40(8)22-11-13-41(14-12-22)30-38-28(39-46-30)32(2,3)4/h9-10,15-17,22,24,26H,11-14,18-19H2,1-8H3,(H,37,44)/t24-,26+/m1/s1. The van der Waals surface area contributed by atoms with E-state index in [9.17, 15) is 9.59 Å². The largest absolute Gasteiger partial charge is 0.444 e. The quantitative estimate of drug-likeness (QED) is 0.401. The van der Waals surface area contributed by atoms with Crippen LogP contribution in [0.1, 0.15) is 87.6 Å². The fraction of sp³-hybridized carbons (Fsp3) is 0.576. The highest BCUT2D eigenvalue weighted by atomic mass is 19.1. The van der Waals surface area contributed by atoms with Gasteiger partial charge in [0.05, 0.1) is 11.6 Å². The third-order valence-corrected chi connectivity index (χ3v) is 8.43. The normalized spacial score (nSPS) is 19.3. The molecule has 248 valence electrons. The van der Waals surface area contributed by atoms with Crippen molar-refractivity contribution < 1.29 is 23.2 Å². The zero-order chi connectivity index (χ0) is 33.4. The predicted octanol–water partition coefficient (Wildman–Crippen LogP) is 4.84. The number of rotatable bonds is 6. The van der Waals surface area contributed by atoms with E-state index in [1.165, 1.54) is 18.5 Å². The molecular formula is C33H45FN8O4. The molecule has 0 aliphatic carbocycles. The number of nitrogens with one attached hydrogen (secondary N) is 1. The van der Waals surface area contributed by atoms with E-state index in [0.717, 1.165) is 18.4 Å². The van der Waals surface area contributed by atoms with E-state index in [2.05, 4.69) is 30.3 Å². The third-order valence-electron chi connectivity index (χ3n) is 8.43. The van der Waals surface area contributed by atoms with Crippen LogP contribution in [-0.2, 0) is 10.2 Å². The van der Waals surface area contributed by atoms with Gasteiger partial charge in [0.15, 0.2) is 5.82 Å². The SMILES string of the molecule is Cc1ccc(F)c([C@H]2CN(c3ncc(C(=O)N(C)C4CCN(c5nc(C(C)(C)C)no5)CC4)cn3)C[C@@H]2NC(=O)OC(C)(C)C)c1. The van der Waals surface area contributed by atoms with Crippen molar-refractivity contribution in [1.29, 1.82) is 0 Å². The topological polar surface area (TPSA) is 130 Å². The number of amides is 2. The maximum absolute atomic E-state index is 15.0. The molecule has 2 fully saturated rings. The first-order valence-corrected chi connectivity index (χ1v) is 15.8. The van der Waals surface area contributed by atoms with E-state index < -0.39 is 17.7 Å². The molecule has 13 heteroatoms. The lowest BCUT2D eigenvalue weighted by Crippen LogP contribution is -2.45. The van der Waals surface area contributed by atoms with Crippen molar-refractivity contribution in [3.05, 3.63) is 58.9 Å². The summed E-state index contributed by atoms with van der Waals surface area (Å²) in [5, 5.41) is 7.06. The van der Waals surface area contributed by atoms with Crippen LogP contribution in [0.15, 0.2) is 35.1 Å². The summed E-state index contributed by atoms with van der Waals surface area (Å²) in [7, 11) is 1.80. The number of aryl methyl sites for hydroxylation is 1. The molecule has 1 aromatic carbocycles. The molecule has 2 aliphatic rings. The Hall–Kier alpha value is -4.29. The number of hydrogen-bond acceptors (Lipinski definition) is 10. The van der Waals surface area contributed by atoms with Gasteiger partial charge in [0.1, 0.15) is 11.4 Å². The van der Waals surface area contributed by atoms with Gasteiger partial charge in [-0.3, -0.25) is 4.79 Å². The summed E-state index contributed by atoms with van der Waals surface area (Å²) >= 11 is 0. The number of ether oxygens (including phenoxy) is 1. The number of hydrogen-bond donors (Lipinski definition) is 1. The van der Waals surface area contributed by atoms with E-state index in [1.54, 1.807) is 44.9 Å². The minimum atomic E-state index is -0.674. The second-order valence-corrected chi connectivity index (χ2v) is 14.3. The first kappa shape index (κ1) is 33.1. The summed E-state index contributed by atoms with van der Waals surface area (Å²) in [6.45, 7) is 15.5. The van der Waals surface area contributed by atoms with E-state index in [-0.39, 0.29) is 29.1 Å². The Kier molecular flexibility index (Phi) is 9.23. The summed E-state index contributed by atoms with van der Waals surface area (Å²) in [5.74, 6) is 0.205. The summed E-state index contributed by atoms with van der Waals surface area (Å²) in [6, 6.07) is 5.08. The van der Waals surface area contributed by atoms with Crippen molar-refractivity contribution in [3.63, 3.8) is 0 Å². The predicted molar refractivity (Wildman–Crippen MR) is 172 cm³/mol. The second kappa shape index (κ2) is 12.8. The Bertz CT molecular complexity index is 1540. The molecule has 0 unspecified atom stereocenters. The summed E-state index contributed by atoms with van der Waals surface area (Å²) in [4.78, 5) is 45.4. The molecule has 2 saturated heterocycles. The van der Waals surface area contributed by atoms with Gasteiger partial charge in [0.2, 0.25) is 5.95 Å². The van der Waals surface area contributed by atoms with Crippen LogP contribution in [-0.4, -0.2) is 87.9 Å². The van der Waals surface area contributed by atoms with Gasteiger partial charge in [-0.1, -0.05) is 43.6 Å². The number of alkyl carbamates (subject to hydrolysis) is 1. The monoisotopic (exact) mass is 636 g/mol. The molecular weight excluding hydrogens is 591 g/mol. The van der Waals surface area contributed by atoms with Crippen molar-refractivity contribution in [3.8, 4) is 0 Å². The lowest BCUT2D eigenvalue weighted by atomic mass is 9.92. The van der Waals surface area contributed by atoms with Gasteiger partial charge in [-0.05, 0) is 52.2 Å². The molecule has 1 N–H and O–H groups in total. The Morgan fingerprint density at radius 1 is 1.04 bits per heavy atom. The number of aromatic nitrogens is 4. The van der Waals surface area contributed by atoms with Gasteiger partial charge in [0.25, 0.3) is 5.91 Å². The van der Waals surface area contributed by atoms with Crippen LogP contribution in [0.2, 0.25) is 0 Å². The molecule has 2 amide bonds. The smallest absolute Gasteiger partial charge is 0.407 e. The van der Waals surface area contributed by atoms with Gasteiger partial charge in [-0.25, -0.2) is 19.2 Å². The molecule has 3 aromatic rings. The minimum absolute atomic E-state index is 0.0386. The van der Waals surface area contributed by atoms with Crippen LogP contribution in [0.3, 0.4) is 0 Å². The zero-order valence-corrected chi connectivity index (χ0v) is 28.0. The van der Waals surface area contributed by atoms with E-state index in [0.29, 0.717) is 55.1 Å². The summed E-state index contributed by atoms with van der Waals surface area (Å²) in [6.07, 6.45) is 4.00. The molecule has 4 heterocycles. The number of carbonyl (C=O) groups excluding carboxylic acids is 2. The number of carbonyl (C=O) groups is 2. The van der Waals surface area contributed by atoms with E-state index >= 15 is 4.39 Å². The van der Waals surface area contributed by atoms with Crippen LogP contribution in [0.5, 0.6) is 0 Å². The van der Waals surface area contributed by atoms with Crippen LogP contribution < -0.4 is 15.1 Å². The van der Waals surface area contributed by atoms with Gasteiger partial charge in [-0.2, -0.15) is 4.98 Å². The van der Waals surface area contributed by atoms with Crippen LogP contribution in [0.25, 0.3) is 0 Å². The van der Waals surface area contributed by atoms with Crippen LogP contribution >= 0.6 is 0 Å². The van der Waals surface area contributed by atoms with Crippen molar-refractivity contribution in [1.82, 2.24) is 30.3 Å².